The summed E-state index contributed by atoms with van der Waals surface area (Å²) in [6.07, 6.45) is 1.27. The largest absolute Gasteiger partial charge is 0.393 e. The van der Waals surface area contributed by atoms with Gasteiger partial charge in [0, 0.05) is 30.6 Å². The average molecular weight is 346 g/mol. The summed E-state index contributed by atoms with van der Waals surface area (Å²) in [4.78, 5) is 0.247. The molecule has 1 saturated carbocycles. The number of rotatable bonds is 3. The first-order valence-electron chi connectivity index (χ1n) is 7.41. The van der Waals surface area contributed by atoms with Gasteiger partial charge in [0.1, 0.15) is 0 Å². The zero-order valence-electron chi connectivity index (χ0n) is 12.4. The van der Waals surface area contributed by atoms with Crippen LogP contribution >= 0.6 is 11.6 Å². The van der Waals surface area contributed by atoms with Crippen molar-refractivity contribution in [3.05, 3.63) is 29.3 Å². The second kappa shape index (κ2) is 6.09. The highest BCUT2D eigenvalue weighted by Crippen LogP contribution is 2.38. The Morgan fingerprint density at radius 3 is 2.59 bits per heavy atom. The van der Waals surface area contributed by atoms with Crippen LogP contribution in [0.25, 0.3) is 0 Å². The SMILES string of the molecule is CO[C@H]1CN(S(=O)(=O)c2ccc(Cl)cc2)[C@H]2CC[C@@H](O)[C@H]1C2. The van der Waals surface area contributed by atoms with Gasteiger partial charge in [-0.25, -0.2) is 8.42 Å². The van der Waals surface area contributed by atoms with Crippen molar-refractivity contribution in [1.82, 2.24) is 4.31 Å². The maximum Gasteiger partial charge on any atom is 0.243 e. The molecule has 22 heavy (non-hydrogen) atoms. The molecule has 7 heteroatoms. The lowest BCUT2D eigenvalue weighted by molar-refractivity contribution is -0.0834. The third kappa shape index (κ3) is 2.78. The first-order chi connectivity index (χ1) is 10.4. The molecule has 1 N–H and O–H groups in total. The van der Waals surface area contributed by atoms with Crippen LogP contribution in [0.2, 0.25) is 5.02 Å². The van der Waals surface area contributed by atoms with Crippen molar-refractivity contribution in [3.63, 3.8) is 0 Å². The van der Waals surface area contributed by atoms with Gasteiger partial charge in [-0.15, -0.1) is 0 Å². The summed E-state index contributed by atoms with van der Waals surface area (Å²) in [6.45, 7) is 0.286. The van der Waals surface area contributed by atoms with Gasteiger partial charge in [-0.05, 0) is 43.5 Å². The monoisotopic (exact) mass is 345 g/mol. The van der Waals surface area contributed by atoms with E-state index in [4.69, 9.17) is 16.3 Å². The van der Waals surface area contributed by atoms with E-state index < -0.39 is 16.1 Å². The number of piperidine rings is 1. The van der Waals surface area contributed by atoms with Crippen molar-refractivity contribution in [2.45, 2.75) is 42.4 Å². The summed E-state index contributed by atoms with van der Waals surface area (Å²) < 4.78 is 32.8. The standard InChI is InChI=1S/C15H20ClNO4S/c1-21-15-9-17(11-4-7-14(18)13(15)8-11)22(19,20)12-5-2-10(16)3-6-12/h2-3,5-6,11,13-15,18H,4,7-9H2,1H3/t11-,13+,14+,15-/m0/s1. The molecule has 1 aliphatic carbocycles. The van der Waals surface area contributed by atoms with E-state index >= 15 is 0 Å². The minimum atomic E-state index is -3.58. The van der Waals surface area contributed by atoms with Crippen LogP contribution in [0.5, 0.6) is 0 Å². The maximum absolute atomic E-state index is 12.9. The lowest BCUT2D eigenvalue weighted by Crippen LogP contribution is -2.57. The number of aliphatic hydroxyl groups excluding tert-OH is 1. The van der Waals surface area contributed by atoms with Crippen molar-refractivity contribution >= 4 is 21.6 Å². The van der Waals surface area contributed by atoms with Gasteiger partial charge < -0.3 is 9.84 Å². The van der Waals surface area contributed by atoms with E-state index in [-0.39, 0.29) is 29.5 Å². The quantitative estimate of drug-likeness (QED) is 0.908. The van der Waals surface area contributed by atoms with Gasteiger partial charge in [-0.2, -0.15) is 4.31 Å². The fourth-order valence-corrected chi connectivity index (χ4v) is 5.38. The normalized spacial score (nSPS) is 32.9. The summed E-state index contributed by atoms with van der Waals surface area (Å²) in [5.74, 6) is 0.0143. The van der Waals surface area contributed by atoms with Crippen LogP contribution in [-0.4, -0.2) is 49.7 Å². The first-order valence-corrected chi connectivity index (χ1v) is 9.23. The molecule has 0 aromatic heterocycles. The predicted octanol–water partition coefficient (Wildman–Crippen LogP) is 1.89. The van der Waals surface area contributed by atoms with E-state index in [0.717, 1.165) is 0 Å². The van der Waals surface area contributed by atoms with Crippen LogP contribution < -0.4 is 0 Å². The Balaban J connectivity index is 1.91. The zero-order chi connectivity index (χ0) is 15.9. The molecule has 1 aromatic carbocycles. The van der Waals surface area contributed by atoms with E-state index in [0.29, 0.717) is 24.3 Å². The predicted molar refractivity (Wildman–Crippen MR) is 83.3 cm³/mol. The maximum atomic E-state index is 12.9. The minimum absolute atomic E-state index is 0.0143. The lowest BCUT2D eigenvalue weighted by Gasteiger charge is -2.47. The fraction of sp³-hybridized carbons (Fsp3) is 0.600. The van der Waals surface area contributed by atoms with E-state index in [1.54, 1.807) is 19.2 Å². The number of ether oxygens (including phenoxy) is 1. The van der Waals surface area contributed by atoms with E-state index in [2.05, 4.69) is 0 Å². The van der Waals surface area contributed by atoms with E-state index in [1.807, 2.05) is 0 Å². The van der Waals surface area contributed by atoms with Crippen molar-refractivity contribution in [2.75, 3.05) is 13.7 Å². The molecule has 4 atom stereocenters. The highest BCUT2D eigenvalue weighted by atomic mass is 35.5. The molecule has 122 valence electrons. The summed E-state index contributed by atoms with van der Waals surface area (Å²) in [5.41, 5.74) is 0. The Morgan fingerprint density at radius 1 is 1.27 bits per heavy atom. The number of nitrogens with zero attached hydrogens (tertiary/aromatic N) is 1. The smallest absolute Gasteiger partial charge is 0.243 e. The number of methoxy groups -OCH3 is 1. The van der Waals surface area contributed by atoms with Crippen LogP contribution in [0, 0.1) is 5.92 Å². The number of benzene rings is 1. The second-order valence-electron chi connectivity index (χ2n) is 6.00. The third-order valence-corrected chi connectivity index (χ3v) is 6.99. The molecule has 0 unspecified atom stereocenters. The molecular weight excluding hydrogens is 326 g/mol. The molecule has 2 bridgehead atoms. The van der Waals surface area contributed by atoms with Gasteiger partial charge in [-0.1, -0.05) is 11.6 Å². The van der Waals surface area contributed by atoms with Crippen molar-refractivity contribution < 1.29 is 18.3 Å². The van der Waals surface area contributed by atoms with Gasteiger partial charge in [0.15, 0.2) is 0 Å². The topological polar surface area (TPSA) is 66.8 Å². The van der Waals surface area contributed by atoms with Gasteiger partial charge in [-0.3, -0.25) is 0 Å². The lowest BCUT2D eigenvalue weighted by atomic mass is 9.77. The number of hydrogen-bond acceptors (Lipinski definition) is 4. The number of hydrogen-bond donors (Lipinski definition) is 1. The second-order valence-corrected chi connectivity index (χ2v) is 8.33. The Bertz CT molecular complexity index is 633. The fourth-order valence-electron chi connectivity index (χ4n) is 3.57. The highest BCUT2D eigenvalue weighted by molar-refractivity contribution is 7.89. The molecule has 1 aromatic rings. The molecule has 2 aliphatic rings. The molecular formula is C15H20ClNO4S. The van der Waals surface area contributed by atoms with Gasteiger partial charge in [0.2, 0.25) is 10.0 Å². The van der Waals surface area contributed by atoms with Gasteiger partial charge >= 0.3 is 0 Å². The summed E-state index contributed by atoms with van der Waals surface area (Å²) in [7, 11) is -2.01. The van der Waals surface area contributed by atoms with E-state index in [9.17, 15) is 13.5 Å². The Kier molecular flexibility index (Phi) is 4.49. The van der Waals surface area contributed by atoms with E-state index in [1.165, 1.54) is 16.4 Å². The molecule has 0 amide bonds. The minimum Gasteiger partial charge on any atom is -0.393 e. The van der Waals surface area contributed by atoms with Crippen molar-refractivity contribution in [3.8, 4) is 0 Å². The number of aliphatic hydroxyl groups is 1. The molecule has 3 rings (SSSR count). The molecule has 1 aliphatic heterocycles. The molecule has 0 radical (unpaired) electrons. The Hall–Kier alpha value is -0.660. The molecule has 1 saturated heterocycles. The van der Waals surface area contributed by atoms with Crippen LogP contribution in [0.1, 0.15) is 19.3 Å². The summed E-state index contributed by atoms with van der Waals surface area (Å²) in [5, 5.41) is 10.6. The highest BCUT2D eigenvalue weighted by Gasteiger charge is 2.46. The van der Waals surface area contributed by atoms with Crippen LogP contribution in [0.15, 0.2) is 29.2 Å². The van der Waals surface area contributed by atoms with Crippen LogP contribution in [-0.2, 0) is 14.8 Å². The number of halogens is 1. The van der Waals surface area contributed by atoms with Crippen LogP contribution in [0.3, 0.4) is 0 Å². The number of fused-ring (bicyclic) bond motifs is 2. The van der Waals surface area contributed by atoms with Gasteiger partial charge in [0.05, 0.1) is 17.1 Å². The van der Waals surface area contributed by atoms with Crippen molar-refractivity contribution in [2.24, 2.45) is 5.92 Å². The molecule has 0 spiro atoms. The number of sulfonamides is 1. The molecule has 2 fully saturated rings. The average Bonchev–Trinajstić information content (AvgIpc) is 2.51. The van der Waals surface area contributed by atoms with Crippen molar-refractivity contribution in [1.29, 1.82) is 0 Å². The first kappa shape index (κ1) is 16.2. The van der Waals surface area contributed by atoms with Gasteiger partial charge in [0.25, 0.3) is 0 Å². The Labute approximate surface area is 135 Å². The molecule has 1 heterocycles. The Morgan fingerprint density at radius 2 is 1.95 bits per heavy atom. The van der Waals surface area contributed by atoms with Crippen LogP contribution in [0.4, 0.5) is 0 Å². The zero-order valence-corrected chi connectivity index (χ0v) is 13.9. The third-order valence-electron chi connectivity index (χ3n) is 4.80. The summed E-state index contributed by atoms with van der Waals surface area (Å²) >= 11 is 5.84. The molecule has 5 nitrogen and oxygen atoms in total. The summed E-state index contributed by atoms with van der Waals surface area (Å²) in [6, 6.07) is 6.16.